The molecule has 2 N–H and O–H groups in total. The predicted molar refractivity (Wildman–Crippen MR) is 76.3 cm³/mol. The van der Waals surface area contributed by atoms with Gasteiger partial charge in [0.15, 0.2) is 0 Å². The highest BCUT2D eigenvalue weighted by Crippen LogP contribution is 2.14. The molecule has 1 aromatic carbocycles. The Labute approximate surface area is 114 Å². The lowest BCUT2D eigenvalue weighted by atomic mass is 10.1. The highest BCUT2D eigenvalue weighted by atomic mass is 32.1. The zero-order chi connectivity index (χ0) is 13.2. The maximum Gasteiger partial charge on any atom is 0.251 e. The molecule has 0 bridgehead atoms. The van der Waals surface area contributed by atoms with Gasteiger partial charge in [-0.25, -0.2) is 4.98 Å². The van der Waals surface area contributed by atoms with Crippen LogP contribution in [0.3, 0.4) is 0 Å². The molecule has 0 aliphatic rings. The fourth-order valence-electron chi connectivity index (χ4n) is 1.94. The normalized spacial score (nSPS) is 10.8. The molecular weight excluding hydrogens is 258 g/mol. The Morgan fingerprint density at radius 3 is 3.11 bits per heavy atom. The average molecular weight is 271 g/mol. The van der Waals surface area contributed by atoms with Gasteiger partial charge < -0.3 is 10.3 Å². The maximum atomic E-state index is 12.0. The molecule has 0 aliphatic heterocycles. The van der Waals surface area contributed by atoms with Crippen LogP contribution in [0.25, 0.3) is 10.9 Å². The number of benzene rings is 1. The lowest BCUT2D eigenvalue weighted by molar-refractivity contribution is 0.0951. The summed E-state index contributed by atoms with van der Waals surface area (Å²) in [5.41, 5.74) is 2.69. The fourth-order valence-corrected chi connectivity index (χ4v) is 2.65. The zero-order valence-electron chi connectivity index (χ0n) is 10.4. The summed E-state index contributed by atoms with van der Waals surface area (Å²) >= 11 is 1.56. The maximum absolute atomic E-state index is 12.0. The number of carbonyl (C=O) groups excluding carboxylic acids is 1. The molecule has 96 valence electrons. The van der Waals surface area contributed by atoms with Gasteiger partial charge >= 0.3 is 0 Å². The largest absolute Gasteiger partial charge is 0.361 e. The van der Waals surface area contributed by atoms with E-state index in [0.29, 0.717) is 12.1 Å². The Morgan fingerprint density at radius 1 is 1.42 bits per heavy atom. The number of nitrogens with zero attached hydrogens (tertiary/aromatic N) is 1. The van der Waals surface area contributed by atoms with Crippen LogP contribution < -0.4 is 5.32 Å². The third-order valence-corrected chi connectivity index (χ3v) is 3.85. The van der Waals surface area contributed by atoms with Crippen molar-refractivity contribution in [3.05, 3.63) is 52.1 Å². The van der Waals surface area contributed by atoms with Crippen molar-refractivity contribution in [1.82, 2.24) is 15.3 Å². The van der Waals surface area contributed by atoms with Crippen molar-refractivity contribution >= 4 is 28.1 Å². The van der Waals surface area contributed by atoms with Crippen molar-refractivity contribution in [3.63, 3.8) is 0 Å². The highest BCUT2D eigenvalue weighted by molar-refractivity contribution is 7.09. The summed E-state index contributed by atoms with van der Waals surface area (Å²) in [6.45, 7) is 2.42. The SMILES string of the molecule is Cc1csc(CNC(=O)c2ccc3[nH]ccc3c2)n1. The minimum Gasteiger partial charge on any atom is -0.361 e. The molecule has 3 rings (SSSR count). The minimum absolute atomic E-state index is 0.0732. The number of hydrogen-bond acceptors (Lipinski definition) is 3. The molecule has 2 heterocycles. The second kappa shape index (κ2) is 4.85. The first kappa shape index (κ1) is 11.9. The van der Waals surface area contributed by atoms with Crippen LogP contribution in [0.5, 0.6) is 0 Å². The monoisotopic (exact) mass is 271 g/mol. The van der Waals surface area contributed by atoms with Crippen LogP contribution in [0.2, 0.25) is 0 Å². The zero-order valence-corrected chi connectivity index (χ0v) is 11.3. The Kier molecular flexibility index (Phi) is 3.05. The molecular formula is C14H13N3OS. The number of rotatable bonds is 3. The molecule has 0 spiro atoms. The first-order valence-corrected chi connectivity index (χ1v) is 6.87. The van der Waals surface area contributed by atoms with Gasteiger partial charge in [-0.15, -0.1) is 11.3 Å². The second-order valence-corrected chi connectivity index (χ2v) is 5.29. The van der Waals surface area contributed by atoms with E-state index in [0.717, 1.165) is 21.6 Å². The number of carbonyl (C=O) groups is 1. The van der Waals surface area contributed by atoms with Crippen molar-refractivity contribution in [2.45, 2.75) is 13.5 Å². The molecule has 0 unspecified atom stereocenters. The third-order valence-electron chi connectivity index (χ3n) is 2.88. The number of aryl methyl sites for hydroxylation is 1. The summed E-state index contributed by atoms with van der Waals surface area (Å²) in [6.07, 6.45) is 1.87. The smallest absolute Gasteiger partial charge is 0.251 e. The Bertz CT molecular complexity index is 729. The van der Waals surface area contributed by atoms with Crippen molar-refractivity contribution in [1.29, 1.82) is 0 Å². The van der Waals surface area contributed by atoms with E-state index in [9.17, 15) is 4.79 Å². The van der Waals surface area contributed by atoms with Crippen LogP contribution in [0.15, 0.2) is 35.8 Å². The van der Waals surface area contributed by atoms with Crippen molar-refractivity contribution < 1.29 is 4.79 Å². The van der Waals surface area contributed by atoms with E-state index in [1.165, 1.54) is 0 Å². The Balaban J connectivity index is 1.72. The van der Waals surface area contributed by atoms with Gasteiger partial charge in [-0.1, -0.05) is 0 Å². The summed E-state index contributed by atoms with van der Waals surface area (Å²) in [7, 11) is 0. The highest BCUT2D eigenvalue weighted by Gasteiger charge is 2.07. The average Bonchev–Trinajstić information content (AvgIpc) is 3.03. The summed E-state index contributed by atoms with van der Waals surface area (Å²) in [5, 5.41) is 6.83. The molecule has 4 nitrogen and oxygen atoms in total. The van der Waals surface area contributed by atoms with E-state index in [-0.39, 0.29) is 5.91 Å². The van der Waals surface area contributed by atoms with Gasteiger partial charge in [0.1, 0.15) is 5.01 Å². The summed E-state index contributed by atoms with van der Waals surface area (Å²) in [5.74, 6) is -0.0732. The number of amides is 1. The van der Waals surface area contributed by atoms with E-state index in [4.69, 9.17) is 0 Å². The summed E-state index contributed by atoms with van der Waals surface area (Å²) in [6, 6.07) is 7.57. The van der Waals surface area contributed by atoms with Gasteiger partial charge in [0, 0.05) is 33.7 Å². The number of hydrogen-bond donors (Lipinski definition) is 2. The van der Waals surface area contributed by atoms with Gasteiger partial charge in [-0.3, -0.25) is 4.79 Å². The van der Waals surface area contributed by atoms with Gasteiger partial charge in [-0.05, 0) is 31.2 Å². The number of H-pyrrole nitrogens is 1. The van der Waals surface area contributed by atoms with Gasteiger partial charge in [0.2, 0.25) is 0 Å². The molecule has 5 heteroatoms. The molecule has 2 aromatic heterocycles. The molecule has 0 radical (unpaired) electrons. The van der Waals surface area contributed by atoms with Crippen LogP contribution in [0.4, 0.5) is 0 Å². The molecule has 0 saturated carbocycles. The first-order valence-electron chi connectivity index (χ1n) is 5.99. The van der Waals surface area contributed by atoms with Gasteiger partial charge in [0.05, 0.1) is 6.54 Å². The topological polar surface area (TPSA) is 57.8 Å². The molecule has 1 amide bonds. The number of fused-ring (bicyclic) bond motifs is 1. The van der Waals surface area contributed by atoms with Crippen LogP contribution >= 0.6 is 11.3 Å². The molecule has 0 saturated heterocycles. The molecule has 0 fully saturated rings. The molecule has 19 heavy (non-hydrogen) atoms. The first-order chi connectivity index (χ1) is 9.22. The third kappa shape index (κ3) is 2.51. The lowest BCUT2D eigenvalue weighted by Gasteiger charge is -2.03. The number of aromatic amines is 1. The Morgan fingerprint density at radius 2 is 2.32 bits per heavy atom. The molecule has 0 aliphatic carbocycles. The molecule has 0 atom stereocenters. The van der Waals surface area contributed by atoms with Crippen LogP contribution in [0, 0.1) is 6.92 Å². The number of aromatic nitrogens is 2. The fraction of sp³-hybridized carbons (Fsp3) is 0.143. The summed E-state index contributed by atoms with van der Waals surface area (Å²) < 4.78 is 0. The number of thiazole rings is 1. The van der Waals surface area contributed by atoms with Crippen molar-refractivity contribution in [3.8, 4) is 0 Å². The molecule has 3 aromatic rings. The van der Waals surface area contributed by atoms with Crippen LogP contribution in [-0.2, 0) is 6.54 Å². The second-order valence-electron chi connectivity index (χ2n) is 4.35. The summed E-state index contributed by atoms with van der Waals surface area (Å²) in [4.78, 5) is 19.5. The van der Waals surface area contributed by atoms with Crippen molar-refractivity contribution in [2.75, 3.05) is 0 Å². The number of nitrogens with one attached hydrogen (secondary N) is 2. The lowest BCUT2D eigenvalue weighted by Crippen LogP contribution is -2.22. The van der Waals surface area contributed by atoms with E-state index >= 15 is 0 Å². The minimum atomic E-state index is -0.0732. The predicted octanol–water partition coefficient (Wildman–Crippen LogP) is 2.86. The van der Waals surface area contributed by atoms with E-state index < -0.39 is 0 Å². The quantitative estimate of drug-likeness (QED) is 0.769. The Hall–Kier alpha value is -2.14. The van der Waals surface area contributed by atoms with Crippen LogP contribution in [0.1, 0.15) is 21.1 Å². The standard InChI is InChI=1S/C14H13N3OS/c1-9-8-19-13(17-9)7-16-14(18)11-2-3-12-10(6-11)4-5-15-12/h2-6,8,15H,7H2,1H3,(H,16,18). The van der Waals surface area contributed by atoms with E-state index in [1.807, 2.05) is 42.8 Å². The van der Waals surface area contributed by atoms with E-state index in [1.54, 1.807) is 11.3 Å². The van der Waals surface area contributed by atoms with Crippen LogP contribution in [-0.4, -0.2) is 15.9 Å². The van der Waals surface area contributed by atoms with Gasteiger partial charge in [-0.2, -0.15) is 0 Å². The van der Waals surface area contributed by atoms with Gasteiger partial charge in [0.25, 0.3) is 5.91 Å². The van der Waals surface area contributed by atoms with E-state index in [2.05, 4.69) is 15.3 Å². The van der Waals surface area contributed by atoms with Crippen molar-refractivity contribution in [2.24, 2.45) is 0 Å².